The third kappa shape index (κ3) is 4.89. The number of aromatic nitrogens is 1. The Morgan fingerprint density at radius 1 is 0.778 bits per heavy atom. The fourth-order valence-corrected chi connectivity index (χ4v) is 5.37. The fourth-order valence-electron chi connectivity index (χ4n) is 5.37. The van der Waals surface area contributed by atoms with Crippen LogP contribution in [0.25, 0.3) is 33.5 Å². The zero-order valence-corrected chi connectivity index (χ0v) is 21.8. The van der Waals surface area contributed by atoms with Gasteiger partial charge in [0.25, 0.3) is 0 Å². The molecule has 1 saturated carbocycles. The van der Waals surface area contributed by atoms with E-state index in [0.717, 1.165) is 59.2 Å². The molecule has 0 aliphatic heterocycles. The highest BCUT2D eigenvalue weighted by molar-refractivity contribution is 5.77. The number of pyridine rings is 1. The number of hydrogen-bond acceptors (Lipinski definition) is 0. The predicted octanol–water partition coefficient (Wildman–Crippen LogP) is 9.12. The first-order valence-corrected chi connectivity index (χ1v) is 12.8. The Labute approximate surface area is 227 Å². The SMILES string of the molecule is [2H]C([2H])([2H])c1cc(-c2ccc(C3([2H])CCC(C)(C)CC3)cc2)ccc1-c1cc(-c2ccccc2C)[n+](C)cc1C([2H])([2H])[2H]. The van der Waals surface area contributed by atoms with Crippen molar-refractivity contribution < 1.29 is 14.2 Å². The lowest BCUT2D eigenvalue weighted by atomic mass is 9.71. The summed E-state index contributed by atoms with van der Waals surface area (Å²) >= 11 is 0. The molecule has 0 amide bonds. The van der Waals surface area contributed by atoms with Crippen LogP contribution in [0.3, 0.4) is 0 Å². The molecule has 1 heteroatoms. The zero-order valence-electron chi connectivity index (χ0n) is 28.8. The number of hydrogen-bond donors (Lipinski definition) is 0. The van der Waals surface area contributed by atoms with E-state index in [1.165, 1.54) is 0 Å². The smallest absolute Gasteiger partial charge is 0.201 e. The van der Waals surface area contributed by atoms with E-state index in [0.29, 0.717) is 11.1 Å². The van der Waals surface area contributed by atoms with Crippen LogP contribution in [0.2, 0.25) is 0 Å². The second-order valence-electron chi connectivity index (χ2n) is 11.0. The Morgan fingerprint density at radius 2 is 1.47 bits per heavy atom. The molecular weight excluding hydrogens is 434 g/mol. The molecule has 1 aromatic heterocycles. The minimum atomic E-state index is -2.47. The average Bonchev–Trinajstić information content (AvgIpc) is 2.94. The topological polar surface area (TPSA) is 3.88 Å². The summed E-state index contributed by atoms with van der Waals surface area (Å²) < 4.78 is 61.1. The van der Waals surface area contributed by atoms with Gasteiger partial charge < -0.3 is 0 Å². The summed E-state index contributed by atoms with van der Waals surface area (Å²) in [5.74, 6) is -0.605. The molecule has 1 nitrogen and oxygen atoms in total. The summed E-state index contributed by atoms with van der Waals surface area (Å²) in [4.78, 5) is 0. The molecule has 1 aliphatic carbocycles. The molecule has 0 radical (unpaired) electrons. The Morgan fingerprint density at radius 3 is 2.17 bits per heavy atom. The van der Waals surface area contributed by atoms with Gasteiger partial charge in [0.05, 0.1) is 0 Å². The van der Waals surface area contributed by atoms with Gasteiger partial charge in [-0.1, -0.05) is 74.5 Å². The van der Waals surface area contributed by atoms with E-state index in [2.05, 4.69) is 13.8 Å². The number of aryl methyl sites for hydroxylation is 4. The van der Waals surface area contributed by atoms with Crippen molar-refractivity contribution in [2.45, 2.75) is 66.1 Å². The van der Waals surface area contributed by atoms with E-state index in [9.17, 15) is 0 Å². The minimum Gasteiger partial charge on any atom is -0.201 e. The van der Waals surface area contributed by atoms with Crippen LogP contribution in [0.5, 0.6) is 0 Å². The molecule has 0 unspecified atom stereocenters. The summed E-state index contributed by atoms with van der Waals surface area (Å²) in [5, 5.41) is 0. The molecule has 0 saturated heterocycles. The number of benzene rings is 3. The maximum absolute atomic E-state index is 9.11. The molecular formula is C35H40N+. The molecule has 36 heavy (non-hydrogen) atoms. The monoisotopic (exact) mass is 481 g/mol. The molecule has 1 aliphatic rings. The molecule has 1 heterocycles. The number of rotatable bonds is 4. The molecule has 5 rings (SSSR count). The predicted molar refractivity (Wildman–Crippen MR) is 153 cm³/mol. The summed E-state index contributed by atoms with van der Waals surface area (Å²) in [5.41, 5.74) is 6.62. The van der Waals surface area contributed by atoms with E-state index in [1.807, 2.05) is 74.6 Å². The standard InChI is InChI=1S/C35H40N/c1-24-9-7-8-10-32(24)34-22-33(26(3)23-36(34)6)31-16-15-30(21-25(31)2)28-13-11-27(12-14-28)29-17-19-35(4,5)20-18-29/h7-16,21-23,29H,17-20H2,1-6H3/q+1/i2D3,3D3,29D. The van der Waals surface area contributed by atoms with E-state index >= 15 is 0 Å². The van der Waals surface area contributed by atoms with Crippen molar-refractivity contribution in [2.24, 2.45) is 12.5 Å². The zero-order chi connectivity index (χ0) is 31.4. The lowest BCUT2D eigenvalue weighted by Gasteiger charge is -2.34. The molecule has 184 valence electrons. The Hall–Kier alpha value is -3.19. The van der Waals surface area contributed by atoms with Gasteiger partial charge >= 0.3 is 0 Å². The van der Waals surface area contributed by atoms with Crippen LogP contribution in [0, 0.1) is 26.0 Å². The van der Waals surface area contributed by atoms with Crippen LogP contribution < -0.4 is 4.57 Å². The third-order valence-electron chi connectivity index (χ3n) is 7.84. The van der Waals surface area contributed by atoms with Crippen molar-refractivity contribution in [2.75, 3.05) is 0 Å². The highest BCUT2D eigenvalue weighted by Crippen LogP contribution is 2.42. The van der Waals surface area contributed by atoms with Crippen LogP contribution in [0.4, 0.5) is 0 Å². The van der Waals surface area contributed by atoms with Gasteiger partial charge in [0.2, 0.25) is 5.69 Å². The average molecular weight is 482 g/mol. The fraction of sp³-hybridized carbons (Fsp3) is 0.343. The quantitative estimate of drug-likeness (QED) is 0.256. The van der Waals surface area contributed by atoms with Gasteiger partial charge in [-0.3, -0.25) is 0 Å². The second-order valence-corrected chi connectivity index (χ2v) is 11.0. The summed E-state index contributed by atoms with van der Waals surface area (Å²) in [6.07, 6.45) is 5.28. The van der Waals surface area contributed by atoms with E-state index in [4.69, 9.17) is 9.60 Å². The first-order chi connectivity index (χ1) is 20.0. The van der Waals surface area contributed by atoms with Crippen LogP contribution >= 0.6 is 0 Å². The molecule has 3 aromatic carbocycles. The molecule has 1 fully saturated rings. The lowest BCUT2D eigenvalue weighted by Crippen LogP contribution is -2.31. The van der Waals surface area contributed by atoms with Crippen LogP contribution in [0.15, 0.2) is 79.0 Å². The lowest BCUT2D eigenvalue weighted by molar-refractivity contribution is -0.660. The maximum atomic E-state index is 9.11. The first-order valence-electron chi connectivity index (χ1n) is 16.3. The van der Waals surface area contributed by atoms with Crippen molar-refractivity contribution >= 4 is 0 Å². The van der Waals surface area contributed by atoms with Crippen LogP contribution in [-0.2, 0) is 7.05 Å². The van der Waals surface area contributed by atoms with Crippen molar-refractivity contribution in [1.82, 2.24) is 0 Å². The number of nitrogens with zero attached hydrogens (tertiary/aromatic N) is 1. The normalized spacial score (nSPS) is 20.2. The molecule has 0 atom stereocenters. The highest BCUT2D eigenvalue weighted by atomic mass is 14.9. The van der Waals surface area contributed by atoms with Gasteiger partial charge in [0.15, 0.2) is 6.20 Å². The molecule has 0 bridgehead atoms. The summed E-state index contributed by atoms with van der Waals surface area (Å²) in [7, 11) is 1.81. The Kier molecular flexibility index (Phi) is 4.66. The van der Waals surface area contributed by atoms with E-state index in [1.54, 1.807) is 22.9 Å². The summed E-state index contributed by atoms with van der Waals surface area (Å²) in [6, 6.07) is 22.9. The third-order valence-corrected chi connectivity index (χ3v) is 7.84. The Balaban J connectivity index is 1.61. The molecule has 0 N–H and O–H groups in total. The largest absolute Gasteiger partial charge is 0.213 e. The van der Waals surface area contributed by atoms with Gasteiger partial charge in [0, 0.05) is 26.8 Å². The second kappa shape index (κ2) is 9.69. The first kappa shape index (κ1) is 17.3. The van der Waals surface area contributed by atoms with Gasteiger partial charge in [0.1, 0.15) is 7.05 Å². The summed E-state index contributed by atoms with van der Waals surface area (Å²) in [6.45, 7) is 1.61. The van der Waals surface area contributed by atoms with Gasteiger partial charge in [-0.2, -0.15) is 0 Å². The van der Waals surface area contributed by atoms with Gasteiger partial charge in [-0.25, -0.2) is 4.57 Å². The van der Waals surface area contributed by atoms with E-state index in [-0.39, 0.29) is 16.5 Å². The van der Waals surface area contributed by atoms with Crippen molar-refractivity contribution in [3.05, 3.63) is 101 Å². The van der Waals surface area contributed by atoms with Gasteiger partial charge in [-0.05, 0) is 103 Å². The molecule has 4 aromatic rings. The minimum absolute atomic E-state index is 0.103. The molecule has 0 spiro atoms. The van der Waals surface area contributed by atoms with Crippen LogP contribution in [0.1, 0.15) is 77.3 Å². The van der Waals surface area contributed by atoms with Crippen molar-refractivity contribution in [1.29, 1.82) is 0 Å². The van der Waals surface area contributed by atoms with Crippen molar-refractivity contribution in [3.63, 3.8) is 0 Å². The van der Waals surface area contributed by atoms with Crippen molar-refractivity contribution in [3.8, 4) is 33.5 Å². The maximum Gasteiger partial charge on any atom is 0.213 e. The Bertz CT molecular complexity index is 1640. The van der Waals surface area contributed by atoms with Crippen LogP contribution in [-0.4, -0.2) is 0 Å². The highest BCUT2D eigenvalue weighted by Gasteiger charge is 2.27. The van der Waals surface area contributed by atoms with E-state index < -0.39 is 19.6 Å². The van der Waals surface area contributed by atoms with Gasteiger partial charge in [-0.15, -0.1) is 0 Å².